The Kier molecular flexibility index (Phi) is 11.5. The molecule has 0 bridgehead atoms. The van der Waals surface area contributed by atoms with Crippen LogP contribution in [0.2, 0.25) is 0 Å². The largest absolute Gasteiger partial charge is 0.497 e. The number of methoxy groups -OCH3 is 2. The van der Waals surface area contributed by atoms with Gasteiger partial charge < -0.3 is 24.4 Å². The summed E-state index contributed by atoms with van der Waals surface area (Å²) in [5, 5.41) is 46.9. The minimum Gasteiger partial charge on any atom is -0.497 e. The van der Waals surface area contributed by atoms with Gasteiger partial charge in [-0.15, -0.1) is 0 Å². The van der Waals surface area contributed by atoms with Gasteiger partial charge in [-0.2, -0.15) is 0 Å². The Hall–Kier alpha value is -6.16. The van der Waals surface area contributed by atoms with Crippen LogP contribution in [0.4, 0.5) is 11.4 Å². The second kappa shape index (κ2) is 16.5. The number of nitro benzene ring substituents is 2. The number of rotatable bonds is 15. The predicted octanol–water partition coefficient (Wildman–Crippen LogP) is 4.98. The van der Waals surface area contributed by atoms with E-state index >= 15 is 0 Å². The molecule has 0 amide bonds. The molecule has 2 heterocycles. The molecule has 0 radical (unpaired) electrons. The lowest BCUT2D eigenvalue weighted by Gasteiger charge is -2.43. The number of aryl methyl sites for hydroxylation is 2. The van der Waals surface area contributed by atoms with Crippen LogP contribution in [-0.4, -0.2) is 62.1 Å². The Morgan fingerprint density at radius 1 is 0.836 bits per heavy atom. The number of aromatic amines is 1. The minimum atomic E-state index is -1.42. The summed E-state index contributed by atoms with van der Waals surface area (Å²) in [6.45, 7) is 0. The van der Waals surface area contributed by atoms with E-state index in [1.165, 1.54) is 22.9 Å². The molecule has 1 saturated heterocycles. The number of benzene rings is 4. The van der Waals surface area contributed by atoms with Crippen LogP contribution < -0.4 is 20.7 Å². The average Bonchev–Trinajstić information content (AvgIpc) is 3.58. The van der Waals surface area contributed by atoms with E-state index in [9.17, 15) is 40.0 Å². The molecule has 1 fully saturated rings. The number of hydrogen-bond donors (Lipinski definition) is 3. The fourth-order valence-corrected chi connectivity index (χ4v) is 7.40. The third-order valence-corrected chi connectivity index (χ3v) is 10.2. The third-order valence-electron chi connectivity index (χ3n) is 10.2. The topological polar surface area (TPSA) is 209 Å². The molecule has 15 heteroatoms. The Balaban J connectivity index is 1.29. The van der Waals surface area contributed by atoms with E-state index in [2.05, 4.69) is 4.98 Å². The number of aromatic nitrogens is 2. The summed E-state index contributed by atoms with van der Waals surface area (Å²) in [7, 11) is 3.11. The Bertz CT molecular complexity index is 2210. The molecular formula is C40H40N4O11. The molecule has 6 rings (SSSR count). The molecule has 4 aromatic carbocycles. The van der Waals surface area contributed by atoms with Crippen molar-refractivity contribution in [3.63, 3.8) is 0 Å². The van der Waals surface area contributed by atoms with Gasteiger partial charge in [-0.3, -0.25) is 34.6 Å². The van der Waals surface area contributed by atoms with Crippen LogP contribution in [0.3, 0.4) is 0 Å². The van der Waals surface area contributed by atoms with Crippen molar-refractivity contribution in [2.45, 2.75) is 62.1 Å². The van der Waals surface area contributed by atoms with Gasteiger partial charge >= 0.3 is 5.69 Å². The molecule has 0 spiro atoms. The molecule has 55 heavy (non-hydrogen) atoms. The van der Waals surface area contributed by atoms with Crippen LogP contribution >= 0.6 is 0 Å². The molecule has 1 aromatic heterocycles. The zero-order valence-corrected chi connectivity index (χ0v) is 30.1. The van der Waals surface area contributed by atoms with Crippen molar-refractivity contribution in [2.24, 2.45) is 0 Å². The standard InChI is InChI=1S/C40H40N4O11/c1-53-31-18-13-28(14-19-31)40(27-10-4-3-5-11-27,29-15-20-32(54-2)21-16-29)37(46)36-34(45)23-35(55-36)42-24-26(38(47)41-39(42)48)9-7-6-8-25-12-17-30(43(49)50)22-33(25)44(51)52/h3-5,10-22,24,34-37,45-46H,6-9,23H2,1-2H3,(H,41,47,48)/t34-,35+,36-,37?/m0/s1. The first-order valence-electron chi connectivity index (χ1n) is 17.6. The van der Waals surface area contributed by atoms with Gasteiger partial charge in [0, 0.05) is 29.8 Å². The molecule has 0 aliphatic carbocycles. The molecule has 286 valence electrons. The van der Waals surface area contributed by atoms with Crippen molar-refractivity contribution in [1.29, 1.82) is 0 Å². The smallest absolute Gasteiger partial charge is 0.330 e. The summed E-state index contributed by atoms with van der Waals surface area (Å²) in [6.07, 6.45) is -2.39. The number of ether oxygens (including phenoxy) is 3. The number of aliphatic hydroxyl groups is 2. The molecule has 5 aromatic rings. The van der Waals surface area contributed by atoms with Gasteiger partial charge in [0.15, 0.2) is 0 Å². The number of H-pyrrole nitrogens is 1. The van der Waals surface area contributed by atoms with E-state index < -0.39 is 51.1 Å². The summed E-state index contributed by atoms with van der Waals surface area (Å²) < 4.78 is 18.4. The van der Waals surface area contributed by atoms with Crippen molar-refractivity contribution >= 4 is 11.4 Å². The minimum absolute atomic E-state index is 0.0764. The number of aliphatic hydroxyl groups excluding tert-OH is 2. The second-order valence-corrected chi connectivity index (χ2v) is 13.3. The maximum atomic E-state index is 13.2. The highest BCUT2D eigenvalue weighted by molar-refractivity contribution is 5.54. The lowest BCUT2D eigenvalue weighted by molar-refractivity contribution is -0.394. The molecule has 1 aliphatic rings. The van der Waals surface area contributed by atoms with Gasteiger partial charge in [-0.1, -0.05) is 54.6 Å². The van der Waals surface area contributed by atoms with E-state index in [0.29, 0.717) is 46.6 Å². The molecule has 1 unspecified atom stereocenters. The SMILES string of the molecule is COc1ccc(C(c2ccccc2)(c2ccc(OC)cc2)C(O)[C@H]2O[C@@H](n3cc(CCCCc4ccc([N+](=O)[O-])cc4[N+](=O)[O-])c(=O)[nH]c3=O)C[C@@H]2O)cc1. The molecule has 0 saturated carbocycles. The number of nitrogens with one attached hydrogen (secondary N) is 1. The fraction of sp³-hybridized carbons (Fsp3) is 0.300. The molecule has 4 atom stereocenters. The predicted molar refractivity (Wildman–Crippen MR) is 201 cm³/mol. The monoisotopic (exact) mass is 752 g/mol. The van der Waals surface area contributed by atoms with Crippen LogP contribution in [0.1, 0.15) is 53.3 Å². The lowest BCUT2D eigenvalue weighted by Crippen LogP contribution is -2.51. The number of unbranched alkanes of at least 4 members (excludes halogenated alkanes) is 1. The molecule has 15 nitrogen and oxygen atoms in total. The lowest BCUT2D eigenvalue weighted by atomic mass is 9.64. The van der Waals surface area contributed by atoms with Gasteiger partial charge in [-0.05, 0) is 72.7 Å². The highest BCUT2D eigenvalue weighted by Gasteiger charge is 2.52. The van der Waals surface area contributed by atoms with E-state index in [0.717, 1.165) is 6.07 Å². The van der Waals surface area contributed by atoms with Crippen molar-refractivity contribution in [2.75, 3.05) is 14.2 Å². The van der Waals surface area contributed by atoms with Crippen molar-refractivity contribution in [3.8, 4) is 11.5 Å². The van der Waals surface area contributed by atoms with Crippen LogP contribution in [0, 0.1) is 20.2 Å². The molecule has 3 N–H and O–H groups in total. The Morgan fingerprint density at radius 2 is 1.40 bits per heavy atom. The zero-order chi connectivity index (χ0) is 39.3. The van der Waals surface area contributed by atoms with Gasteiger partial charge in [0.2, 0.25) is 0 Å². The van der Waals surface area contributed by atoms with E-state index in [1.54, 1.807) is 38.5 Å². The van der Waals surface area contributed by atoms with Crippen molar-refractivity contribution in [3.05, 3.63) is 172 Å². The van der Waals surface area contributed by atoms with Crippen LogP contribution in [0.15, 0.2) is 113 Å². The Morgan fingerprint density at radius 3 is 1.95 bits per heavy atom. The van der Waals surface area contributed by atoms with Gasteiger partial charge in [-0.25, -0.2) is 4.79 Å². The average molecular weight is 753 g/mol. The third kappa shape index (κ3) is 7.76. The second-order valence-electron chi connectivity index (χ2n) is 13.3. The normalized spacial score (nSPS) is 17.4. The highest BCUT2D eigenvalue weighted by atomic mass is 16.6. The van der Waals surface area contributed by atoms with Crippen molar-refractivity contribution < 1.29 is 34.3 Å². The summed E-state index contributed by atoms with van der Waals surface area (Å²) >= 11 is 0. The maximum absolute atomic E-state index is 13.2. The number of non-ortho nitro benzene ring substituents is 1. The number of nitrogens with zero attached hydrogens (tertiary/aromatic N) is 3. The molecular weight excluding hydrogens is 712 g/mol. The quantitative estimate of drug-likeness (QED) is 0.0562. The fourth-order valence-electron chi connectivity index (χ4n) is 7.40. The zero-order valence-electron chi connectivity index (χ0n) is 30.1. The maximum Gasteiger partial charge on any atom is 0.330 e. The van der Waals surface area contributed by atoms with Gasteiger partial charge in [0.25, 0.3) is 16.9 Å². The van der Waals surface area contributed by atoms with E-state index in [1.807, 2.05) is 54.6 Å². The van der Waals surface area contributed by atoms with Crippen LogP contribution in [0.5, 0.6) is 11.5 Å². The summed E-state index contributed by atoms with van der Waals surface area (Å²) in [6, 6.07) is 27.3. The van der Waals surface area contributed by atoms with Crippen LogP contribution in [0.25, 0.3) is 0 Å². The van der Waals surface area contributed by atoms with Gasteiger partial charge in [0.1, 0.15) is 29.9 Å². The summed E-state index contributed by atoms with van der Waals surface area (Å²) in [4.78, 5) is 49.7. The summed E-state index contributed by atoms with van der Waals surface area (Å²) in [5.74, 6) is 1.21. The van der Waals surface area contributed by atoms with E-state index in [4.69, 9.17) is 14.2 Å². The van der Waals surface area contributed by atoms with Gasteiger partial charge in [0.05, 0.1) is 41.7 Å². The first-order chi connectivity index (χ1) is 26.5. The number of hydrogen-bond acceptors (Lipinski definition) is 11. The molecule has 1 aliphatic heterocycles. The number of nitro groups is 2. The first-order valence-corrected chi connectivity index (χ1v) is 17.6. The first kappa shape index (κ1) is 38.6. The van der Waals surface area contributed by atoms with E-state index in [-0.39, 0.29) is 36.2 Å². The van der Waals surface area contributed by atoms with Crippen molar-refractivity contribution in [1.82, 2.24) is 9.55 Å². The Labute approximate surface area is 314 Å². The van der Waals surface area contributed by atoms with Crippen LogP contribution in [-0.2, 0) is 23.0 Å². The summed E-state index contributed by atoms with van der Waals surface area (Å²) in [5.41, 5.74) is -0.784. The highest BCUT2D eigenvalue weighted by Crippen LogP contribution is 2.47.